The number of anilines is 1. The molecule has 8 heteroatoms. The maximum Gasteiger partial charge on any atom is 0.213 e. The van der Waals surface area contributed by atoms with Crippen molar-refractivity contribution < 1.29 is 4.52 Å². The number of imidazole rings is 1. The van der Waals surface area contributed by atoms with Gasteiger partial charge in [-0.2, -0.15) is 10.1 Å². The number of nitrogens with two attached hydrogens (primary N) is 1. The Morgan fingerprint density at radius 2 is 2.29 bits per heavy atom. The van der Waals surface area contributed by atoms with Gasteiger partial charge in [0.05, 0.1) is 12.2 Å². The smallest absolute Gasteiger partial charge is 0.213 e. The summed E-state index contributed by atoms with van der Waals surface area (Å²) in [6.45, 7) is 2.31. The monoisotopic (exact) mass is 233 g/mol. The molecule has 3 heterocycles. The quantitative estimate of drug-likeness (QED) is 0.673. The van der Waals surface area contributed by atoms with Gasteiger partial charge in [0, 0.05) is 7.05 Å². The lowest BCUT2D eigenvalue weighted by Gasteiger charge is -2.02. The minimum atomic E-state index is 0.414. The van der Waals surface area contributed by atoms with Crippen molar-refractivity contribution >= 4 is 17.1 Å². The first kappa shape index (κ1) is 9.82. The fraction of sp³-hybridized carbons (Fsp3) is 0.333. The SMILES string of the molecule is Cc1nn(C)c2c1nc(N)n2Cc1ncon1. The normalized spacial score (nSPS) is 11.4. The zero-order valence-electron chi connectivity index (χ0n) is 9.45. The van der Waals surface area contributed by atoms with E-state index in [1.54, 1.807) is 9.25 Å². The van der Waals surface area contributed by atoms with E-state index in [0.717, 1.165) is 16.9 Å². The molecule has 2 N–H and O–H groups in total. The predicted octanol–water partition coefficient (Wildman–Crippen LogP) is 0.0917. The molecule has 0 fully saturated rings. The third kappa shape index (κ3) is 1.37. The Labute approximate surface area is 96.0 Å². The van der Waals surface area contributed by atoms with E-state index in [-0.39, 0.29) is 0 Å². The van der Waals surface area contributed by atoms with Crippen LogP contribution in [0.4, 0.5) is 5.95 Å². The number of aryl methyl sites for hydroxylation is 2. The van der Waals surface area contributed by atoms with E-state index in [9.17, 15) is 0 Å². The van der Waals surface area contributed by atoms with Crippen LogP contribution in [0.3, 0.4) is 0 Å². The molecule has 0 aliphatic carbocycles. The first-order valence-corrected chi connectivity index (χ1v) is 5.07. The molecule has 0 atom stereocenters. The van der Waals surface area contributed by atoms with Crippen LogP contribution in [0.25, 0.3) is 11.2 Å². The number of nitrogens with zero attached hydrogens (tertiary/aromatic N) is 6. The number of hydrogen-bond acceptors (Lipinski definition) is 6. The summed E-state index contributed by atoms with van der Waals surface area (Å²) >= 11 is 0. The maximum absolute atomic E-state index is 5.88. The maximum atomic E-state index is 5.88. The van der Waals surface area contributed by atoms with Crippen LogP contribution in [0.1, 0.15) is 11.5 Å². The molecule has 0 unspecified atom stereocenters. The number of fused-ring (bicyclic) bond motifs is 1. The molecule has 88 valence electrons. The van der Waals surface area contributed by atoms with Gasteiger partial charge in [0.25, 0.3) is 0 Å². The summed E-state index contributed by atoms with van der Waals surface area (Å²) in [5, 5.41) is 8.05. The summed E-state index contributed by atoms with van der Waals surface area (Å²) in [6, 6.07) is 0. The molecular weight excluding hydrogens is 222 g/mol. The highest BCUT2D eigenvalue weighted by atomic mass is 16.5. The summed E-state index contributed by atoms with van der Waals surface area (Å²) in [5.74, 6) is 0.968. The number of aromatic nitrogens is 6. The van der Waals surface area contributed by atoms with Crippen molar-refractivity contribution in [3.63, 3.8) is 0 Å². The van der Waals surface area contributed by atoms with E-state index in [1.165, 1.54) is 6.39 Å². The van der Waals surface area contributed by atoms with E-state index >= 15 is 0 Å². The Bertz CT molecular complexity index is 663. The van der Waals surface area contributed by atoms with Crippen LogP contribution in [0.5, 0.6) is 0 Å². The first-order valence-electron chi connectivity index (χ1n) is 5.07. The van der Waals surface area contributed by atoms with E-state index in [4.69, 9.17) is 10.3 Å². The van der Waals surface area contributed by atoms with Gasteiger partial charge in [-0.3, -0.25) is 9.25 Å². The first-order chi connectivity index (χ1) is 8.16. The zero-order valence-corrected chi connectivity index (χ0v) is 9.45. The van der Waals surface area contributed by atoms with E-state index in [0.29, 0.717) is 18.3 Å². The van der Waals surface area contributed by atoms with Crippen LogP contribution >= 0.6 is 0 Å². The Morgan fingerprint density at radius 1 is 1.47 bits per heavy atom. The van der Waals surface area contributed by atoms with Gasteiger partial charge in [0.1, 0.15) is 5.52 Å². The molecule has 8 nitrogen and oxygen atoms in total. The van der Waals surface area contributed by atoms with Crippen molar-refractivity contribution in [2.75, 3.05) is 5.73 Å². The van der Waals surface area contributed by atoms with Crippen molar-refractivity contribution in [2.24, 2.45) is 7.05 Å². The molecular formula is C9H11N7O. The third-order valence-corrected chi connectivity index (χ3v) is 2.63. The van der Waals surface area contributed by atoms with Gasteiger partial charge in [-0.15, -0.1) is 0 Å². The lowest BCUT2D eigenvalue weighted by atomic mass is 10.4. The number of rotatable bonds is 2. The summed E-state index contributed by atoms with van der Waals surface area (Å²) in [4.78, 5) is 8.25. The second-order valence-electron chi connectivity index (χ2n) is 3.78. The van der Waals surface area contributed by atoms with Crippen LogP contribution in [-0.4, -0.2) is 29.5 Å². The molecule has 0 radical (unpaired) electrons. The molecule has 3 rings (SSSR count). The van der Waals surface area contributed by atoms with Gasteiger partial charge in [-0.1, -0.05) is 5.16 Å². The minimum Gasteiger partial charge on any atom is -0.369 e. The van der Waals surface area contributed by atoms with Gasteiger partial charge >= 0.3 is 0 Å². The highest BCUT2D eigenvalue weighted by molar-refractivity contribution is 5.77. The van der Waals surface area contributed by atoms with Crippen molar-refractivity contribution in [1.82, 2.24) is 29.5 Å². The Balaban J connectivity index is 2.18. The van der Waals surface area contributed by atoms with Gasteiger partial charge in [-0.05, 0) is 6.92 Å². The molecule has 0 aromatic carbocycles. The fourth-order valence-electron chi connectivity index (χ4n) is 1.91. The summed E-state index contributed by atoms with van der Waals surface area (Å²) in [7, 11) is 1.85. The van der Waals surface area contributed by atoms with Crippen LogP contribution < -0.4 is 5.73 Å². The standard InChI is InChI=1S/C9H11N7O/c1-5-7-8(15(2)13-5)16(9(10)12-7)3-6-11-4-17-14-6/h4H,3H2,1-2H3,(H2,10,12). The van der Waals surface area contributed by atoms with Crippen molar-refractivity contribution in [2.45, 2.75) is 13.5 Å². The molecule has 3 aromatic heterocycles. The summed E-state index contributed by atoms with van der Waals surface area (Å²) in [5.41, 5.74) is 8.38. The molecule has 17 heavy (non-hydrogen) atoms. The lowest BCUT2D eigenvalue weighted by molar-refractivity contribution is 0.408. The fourth-order valence-corrected chi connectivity index (χ4v) is 1.91. The highest BCUT2D eigenvalue weighted by Crippen LogP contribution is 2.20. The minimum absolute atomic E-state index is 0.414. The van der Waals surface area contributed by atoms with Crippen LogP contribution in [0.2, 0.25) is 0 Å². The second-order valence-corrected chi connectivity index (χ2v) is 3.78. The second kappa shape index (κ2) is 3.30. The van der Waals surface area contributed by atoms with Crippen molar-refractivity contribution in [1.29, 1.82) is 0 Å². The summed E-state index contributed by atoms with van der Waals surface area (Å²) in [6.07, 6.45) is 1.29. The zero-order chi connectivity index (χ0) is 12.0. The highest BCUT2D eigenvalue weighted by Gasteiger charge is 2.16. The molecule has 0 aliphatic heterocycles. The molecule has 0 bridgehead atoms. The Hall–Kier alpha value is -2.38. The molecule has 0 spiro atoms. The van der Waals surface area contributed by atoms with Crippen LogP contribution in [0, 0.1) is 6.92 Å². The van der Waals surface area contributed by atoms with Crippen molar-refractivity contribution in [3.8, 4) is 0 Å². The summed E-state index contributed by atoms with van der Waals surface area (Å²) < 4.78 is 8.24. The molecule has 0 saturated heterocycles. The van der Waals surface area contributed by atoms with Crippen LogP contribution in [-0.2, 0) is 13.6 Å². The van der Waals surface area contributed by atoms with E-state index in [2.05, 4.69) is 20.2 Å². The number of hydrogen-bond donors (Lipinski definition) is 1. The third-order valence-electron chi connectivity index (χ3n) is 2.63. The molecule has 3 aromatic rings. The largest absolute Gasteiger partial charge is 0.369 e. The molecule has 0 saturated carbocycles. The predicted molar refractivity (Wildman–Crippen MR) is 59.0 cm³/mol. The Morgan fingerprint density at radius 3 is 3.00 bits per heavy atom. The average Bonchev–Trinajstić information content (AvgIpc) is 2.93. The van der Waals surface area contributed by atoms with Gasteiger partial charge in [0.15, 0.2) is 11.5 Å². The van der Waals surface area contributed by atoms with Gasteiger partial charge < -0.3 is 10.3 Å². The average molecular weight is 233 g/mol. The van der Waals surface area contributed by atoms with Crippen LogP contribution in [0.15, 0.2) is 10.9 Å². The van der Waals surface area contributed by atoms with E-state index < -0.39 is 0 Å². The van der Waals surface area contributed by atoms with Gasteiger partial charge in [0.2, 0.25) is 12.3 Å². The molecule has 0 amide bonds. The van der Waals surface area contributed by atoms with E-state index in [1.807, 2.05) is 14.0 Å². The molecule has 0 aliphatic rings. The topological polar surface area (TPSA) is 101 Å². The lowest BCUT2D eigenvalue weighted by Crippen LogP contribution is -2.08. The Kier molecular flexibility index (Phi) is 1.91. The van der Waals surface area contributed by atoms with Crippen molar-refractivity contribution in [3.05, 3.63) is 17.9 Å². The number of nitrogen functional groups attached to an aromatic ring is 1. The van der Waals surface area contributed by atoms with Gasteiger partial charge in [-0.25, -0.2) is 4.98 Å².